The van der Waals surface area contributed by atoms with Crippen molar-refractivity contribution in [3.8, 4) is 0 Å². The number of nitrogens with zero attached hydrogens (tertiary/aromatic N) is 1. The van der Waals surface area contributed by atoms with Crippen molar-refractivity contribution >= 4 is 17.7 Å². The average Bonchev–Trinajstić information content (AvgIpc) is 2.83. The van der Waals surface area contributed by atoms with E-state index < -0.39 is 6.04 Å². The van der Waals surface area contributed by atoms with Crippen LogP contribution in [0.15, 0.2) is 54.6 Å². The maximum atomic E-state index is 12.9. The van der Waals surface area contributed by atoms with E-state index in [9.17, 15) is 14.4 Å². The zero-order valence-electron chi connectivity index (χ0n) is 18.7. The first kappa shape index (κ1) is 23.5. The molecule has 0 aliphatic carbocycles. The van der Waals surface area contributed by atoms with Crippen molar-refractivity contribution in [2.24, 2.45) is 5.92 Å². The fourth-order valence-electron chi connectivity index (χ4n) is 4.03. The van der Waals surface area contributed by atoms with Crippen LogP contribution in [0, 0.1) is 12.8 Å². The van der Waals surface area contributed by atoms with E-state index in [1.54, 1.807) is 13.2 Å². The molecule has 3 amide bonds. The number of piperidine rings is 1. The number of nitrogens with one attached hydrogen (secondary N) is 2. The van der Waals surface area contributed by atoms with Gasteiger partial charge in [0.15, 0.2) is 0 Å². The van der Waals surface area contributed by atoms with E-state index in [0.29, 0.717) is 50.2 Å². The second kappa shape index (κ2) is 11.4. The van der Waals surface area contributed by atoms with Crippen molar-refractivity contribution < 1.29 is 19.1 Å². The number of carbonyl (C=O) groups is 3. The van der Waals surface area contributed by atoms with Crippen molar-refractivity contribution in [3.05, 3.63) is 71.3 Å². The lowest BCUT2D eigenvalue weighted by atomic mass is 9.88. The standard InChI is InChI=1S/C25H31N3O4/c1-18-8-6-7-11-21(18)23(29)27-22(24(30)26-14-17-32-2)19-12-15-28(16-13-19)25(31)20-9-4-3-5-10-20/h3-11,19,22H,12-17H2,1-2H3,(H,26,30)(H,27,29). The number of hydrogen-bond acceptors (Lipinski definition) is 4. The number of rotatable bonds is 8. The summed E-state index contributed by atoms with van der Waals surface area (Å²) in [6.07, 6.45) is 1.27. The second-order valence-corrected chi connectivity index (χ2v) is 8.05. The number of aryl methyl sites for hydroxylation is 1. The van der Waals surface area contributed by atoms with E-state index in [0.717, 1.165) is 5.56 Å². The molecular weight excluding hydrogens is 406 g/mol. The highest BCUT2D eigenvalue weighted by Gasteiger charge is 2.34. The van der Waals surface area contributed by atoms with E-state index in [4.69, 9.17) is 4.74 Å². The fourth-order valence-corrected chi connectivity index (χ4v) is 4.03. The zero-order valence-corrected chi connectivity index (χ0v) is 18.7. The third-order valence-corrected chi connectivity index (χ3v) is 5.88. The summed E-state index contributed by atoms with van der Waals surface area (Å²) in [7, 11) is 1.57. The quantitative estimate of drug-likeness (QED) is 0.621. The fraction of sp³-hybridized carbons (Fsp3) is 0.400. The maximum absolute atomic E-state index is 12.9. The van der Waals surface area contributed by atoms with Gasteiger partial charge in [-0.2, -0.15) is 0 Å². The van der Waals surface area contributed by atoms with Crippen LogP contribution in [0.25, 0.3) is 0 Å². The largest absolute Gasteiger partial charge is 0.383 e. The summed E-state index contributed by atoms with van der Waals surface area (Å²) in [6, 6.07) is 15.8. The Labute approximate surface area is 189 Å². The first-order valence-electron chi connectivity index (χ1n) is 11.0. The van der Waals surface area contributed by atoms with E-state index in [-0.39, 0.29) is 23.6 Å². The summed E-state index contributed by atoms with van der Waals surface area (Å²) in [5.41, 5.74) is 2.07. The molecule has 1 fully saturated rings. The SMILES string of the molecule is COCCNC(=O)C(NC(=O)c1ccccc1C)C1CCN(C(=O)c2ccccc2)CC1. The number of methoxy groups -OCH3 is 1. The summed E-state index contributed by atoms with van der Waals surface area (Å²) in [5.74, 6) is -0.561. The lowest BCUT2D eigenvalue weighted by Gasteiger charge is -2.36. The Morgan fingerprint density at radius 1 is 1.03 bits per heavy atom. The lowest BCUT2D eigenvalue weighted by molar-refractivity contribution is -0.124. The molecule has 1 heterocycles. The Hall–Kier alpha value is -3.19. The van der Waals surface area contributed by atoms with Crippen molar-refractivity contribution in [2.75, 3.05) is 33.4 Å². The van der Waals surface area contributed by atoms with Gasteiger partial charge in [-0.1, -0.05) is 36.4 Å². The van der Waals surface area contributed by atoms with Gasteiger partial charge in [0, 0.05) is 37.9 Å². The molecule has 0 saturated carbocycles. The maximum Gasteiger partial charge on any atom is 0.253 e. The minimum Gasteiger partial charge on any atom is -0.383 e. The second-order valence-electron chi connectivity index (χ2n) is 8.05. The van der Waals surface area contributed by atoms with Gasteiger partial charge in [-0.15, -0.1) is 0 Å². The first-order valence-corrected chi connectivity index (χ1v) is 11.0. The number of benzene rings is 2. The molecule has 0 aromatic heterocycles. The Morgan fingerprint density at radius 3 is 2.34 bits per heavy atom. The predicted octanol–water partition coefficient (Wildman–Crippen LogP) is 2.41. The van der Waals surface area contributed by atoms with Gasteiger partial charge in [0.1, 0.15) is 6.04 Å². The molecule has 1 aliphatic heterocycles. The van der Waals surface area contributed by atoms with E-state index in [2.05, 4.69) is 10.6 Å². The molecule has 0 radical (unpaired) electrons. The Kier molecular flexibility index (Phi) is 8.39. The topological polar surface area (TPSA) is 87.7 Å². The Morgan fingerprint density at radius 2 is 1.69 bits per heavy atom. The van der Waals surface area contributed by atoms with E-state index in [1.165, 1.54) is 0 Å². The Bertz CT molecular complexity index is 924. The molecule has 0 bridgehead atoms. The van der Waals surface area contributed by atoms with Crippen LogP contribution in [-0.4, -0.2) is 62.0 Å². The minimum atomic E-state index is -0.673. The number of hydrogen-bond donors (Lipinski definition) is 2. The van der Waals surface area contributed by atoms with Gasteiger partial charge in [-0.25, -0.2) is 0 Å². The number of amides is 3. The molecule has 1 aliphatic rings. The van der Waals surface area contributed by atoms with E-state index in [1.807, 2.05) is 60.4 Å². The van der Waals surface area contributed by atoms with Gasteiger partial charge in [0.25, 0.3) is 11.8 Å². The number of carbonyl (C=O) groups excluding carboxylic acids is 3. The van der Waals surface area contributed by atoms with Crippen molar-refractivity contribution in [1.29, 1.82) is 0 Å². The highest BCUT2D eigenvalue weighted by atomic mass is 16.5. The van der Waals surface area contributed by atoms with Crippen molar-refractivity contribution in [3.63, 3.8) is 0 Å². The average molecular weight is 438 g/mol. The molecule has 2 aromatic rings. The lowest BCUT2D eigenvalue weighted by Crippen LogP contribution is -2.54. The number of ether oxygens (including phenoxy) is 1. The minimum absolute atomic E-state index is 0.00547. The summed E-state index contributed by atoms with van der Waals surface area (Å²) in [4.78, 5) is 40.4. The van der Waals surface area contributed by atoms with Crippen LogP contribution in [-0.2, 0) is 9.53 Å². The Balaban J connectivity index is 1.68. The van der Waals surface area contributed by atoms with Gasteiger partial charge in [0.05, 0.1) is 6.61 Å². The zero-order chi connectivity index (χ0) is 22.9. The molecule has 32 heavy (non-hydrogen) atoms. The third-order valence-electron chi connectivity index (χ3n) is 5.88. The van der Waals surface area contributed by atoms with Gasteiger partial charge in [-0.3, -0.25) is 14.4 Å². The smallest absolute Gasteiger partial charge is 0.253 e. The van der Waals surface area contributed by atoms with Crippen molar-refractivity contribution in [1.82, 2.24) is 15.5 Å². The number of likely N-dealkylation sites (tertiary alicyclic amines) is 1. The van der Waals surface area contributed by atoms with Crippen LogP contribution in [0.4, 0.5) is 0 Å². The molecule has 170 valence electrons. The molecule has 1 unspecified atom stereocenters. The van der Waals surface area contributed by atoms with Gasteiger partial charge in [0.2, 0.25) is 5.91 Å². The molecule has 7 heteroatoms. The normalized spacial score (nSPS) is 15.1. The van der Waals surface area contributed by atoms with Gasteiger partial charge < -0.3 is 20.3 Å². The summed E-state index contributed by atoms with van der Waals surface area (Å²) in [6.45, 7) is 3.73. The molecule has 3 rings (SSSR count). The monoisotopic (exact) mass is 437 g/mol. The van der Waals surface area contributed by atoms with Gasteiger partial charge >= 0.3 is 0 Å². The molecular formula is C25H31N3O4. The summed E-state index contributed by atoms with van der Waals surface area (Å²) in [5, 5.41) is 5.80. The molecule has 1 saturated heterocycles. The molecule has 1 atom stereocenters. The third kappa shape index (κ3) is 5.95. The van der Waals surface area contributed by atoms with Crippen LogP contribution >= 0.6 is 0 Å². The molecule has 2 N–H and O–H groups in total. The van der Waals surface area contributed by atoms with E-state index >= 15 is 0 Å². The molecule has 7 nitrogen and oxygen atoms in total. The van der Waals surface area contributed by atoms with Crippen LogP contribution in [0.3, 0.4) is 0 Å². The first-order chi connectivity index (χ1) is 15.5. The van der Waals surface area contributed by atoms with Crippen LogP contribution in [0.1, 0.15) is 39.1 Å². The van der Waals surface area contributed by atoms with Crippen LogP contribution < -0.4 is 10.6 Å². The van der Waals surface area contributed by atoms with Crippen LogP contribution in [0.2, 0.25) is 0 Å². The molecule has 2 aromatic carbocycles. The predicted molar refractivity (Wildman–Crippen MR) is 122 cm³/mol. The summed E-state index contributed by atoms with van der Waals surface area (Å²) >= 11 is 0. The molecule has 0 spiro atoms. The van der Waals surface area contributed by atoms with Crippen molar-refractivity contribution in [2.45, 2.75) is 25.8 Å². The summed E-state index contributed by atoms with van der Waals surface area (Å²) < 4.78 is 5.02. The van der Waals surface area contributed by atoms with Crippen LogP contribution in [0.5, 0.6) is 0 Å². The van der Waals surface area contributed by atoms with Gasteiger partial charge in [-0.05, 0) is 49.4 Å². The highest BCUT2D eigenvalue weighted by Crippen LogP contribution is 2.23. The highest BCUT2D eigenvalue weighted by molar-refractivity contribution is 5.98.